The van der Waals surface area contributed by atoms with Gasteiger partial charge in [-0.25, -0.2) is 0 Å². The van der Waals surface area contributed by atoms with E-state index >= 15 is 0 Å². The van der Waals surface area contributed by atoms with Gasteiger partial charge in [0.15, 0.2) is 0 Å². The fraction of sp³-hybridized carbons (Fsp3) is 0.429. The summed E-state index contributed by atoms with van der Waals surface area (Å²) in [7, 11) is 0. The third-order valence-corrected chi connectivity index (χ3v) is 2.86. The van der Waals surface area contributed by atoms with Crippen molar-refractivity contribution in [2.75, 3.05) is 0 Å². The highest BCUT2D eigenvalue weighted by Crippen LogP contribution is 2.23. The molecule has 1 aromatic rings. The lowest BCUT2D eigenvalue weighted by Gasteiger charge is -2.10. The summed E-state index contributed by atoms with van der Waals surface area (Å²) in [5.41, 5.74) is 2.06. The van der Waals surface area contributed by atoms with Crippen LogP contribution in [0, 0.1) is 17.2 Å². The molecule has 0 bridgehead atoms. The molecule has 0 aromatic heterocycles. The highest BCUT2D eigenvalue weighted by atomic mass is 35.5. The molecule has 0 saturated carbocycles. The number of benzene rings is 1. The maximum atomic E-state index is 11.2. The molecule has 0 amide bonds. The maximum Gasteiger partial charge on any atom is 0.230 e. The van der Waals surface area contributed by atoms with Crippen LogP contribution in [0.25, 0.3) is 0 Å². The number of carbonyl (C=O) groups is 1. The number of nitriles is 1. The van der Waals surface area contributed by atoms with E-state index in [1.165, 1.54) is 5.56 Å². The van der Waals surface area contributed by atoms with Crippen molar-refractivity contribution in [1.82, 2.24) is 0 Å². The first-order valence-electron chi connectivity index (χ1n) is 5.69. The van der Waals surface area contributed by atoms with Crippen molar-refractivity contribution in [3.05, 3.63) is 35.4 Å². The molecule has 3 heteroatoms. The Morgan fingerprint density at radius 1 is 1.35 bits per heavy atom. The van der Waals surface area contributed by atoms with Crippen LogP contribution >= 0.6 is 11.6 Å². The number of nitrogens with zero attached hydrogens (tertiary/aromatic N) is 1. The molecule has 17 heavy (non-hydrogen) atoms. The summed E-state index contributed by atoms with van der Waals surface area (Å²) in [5.74, 6) is 0.0974. The van der Waals surface area contributed by atoms with E-state index in [2.05, 4.69) is 13.8 Å². The molecule has 90 valence electrons. The van der Waals surface area contributed by atoms with Crippen molar-refractivity contribution in [2.24, 2.45) is 5.92 Å². The predicted octanol–water partition coefficient (Wildman–Crippen LogP) is 3.65. The first kappa shape index (κ1) is 13.7. The van der Waals surface area contributed by atoms with Crippen molar-refractivity contribution in [3.8, 4) is 6.07 Å². The smallest absolute Gasteiger partial charge is 0.230 e. The molecule has 1 atom stereocenters. The highest BCUT2D eigenvalue weighted by molar-refractivity contribution is 6.64. The minimum atomic E-state index is -0.505. The Bertz CT molecular complexity index is 417. The molecule has 0 fully saturated rings. The molecule has 2 nitrogen and oxygen atoms in total. The standard InChI is InChI=1S/C14H16ClNO/c1-10(2)9-11-3-5-12(6-4-11)13(7-8-16)14(15)17/h3-6,10,13H,7,9H2,1-2H3/t13-/m0/s1. The number of halogens is 1. The average Bonchev–Trinajstić information content (AvgIpc) is 2.26. The van der Waals surface area contributed by atoms with Gasteiger partial charge in [-0.15, -0.1) is 0 Å². The van der Waals surface area contributed by atoms with Crippen molar-refractivity contribution in [2.45, 2.75) is 32.6 Å². The van der Waals surface area contributed by atoms with E-state index in [-0.39, 0.29) is 6.42 Å². The minimum absolute atomic E-state index is 0.131. The summed E-state index contributed by atoms with van der Waals surface area (Å²) in [6.45, 7) is 4.32. The summed E-state index contributed by atoms with van der Waals surface area (Å²) < 4.78 is 0. The van der Waals surface area contributed by atoms with E-state index in [0.29, 0.717) is 5.92 Å². The zero-order chi connectivity index (χ0) is 12.8. The number of carbonyl (C=O) groups excluding carboxylic acids is 1. The molecule has 0 heterocycles. The first-order chi connectivity index (χ1) is 8.04. The van der Waals surface area contributed by atoms with E-state index in [1.54, 1.807) is 0 Å². The number of rotatable bonds is 5. The van der Waals surface area contributed by atoms with Crippen LogP contribution in [0.5, 0.6) is 0 Å². The largest absolute Gasteiger partial charge is 0.281 e. The lowest BCUT2D eigenvalue weighted by molar-refractivity contribution is -0.112. The molecule has 0 aliphatic carbocycles. The van der Waals surface area contributed by atoms with Crippen molar-refractivity contribution in [3.63, 3.8) is 0 Å². The van der Waals surface area contributed by atoms with E-state index < -0.39 is 11.2 Å². The Morgan fingerprint density at radius 2 is 1.94 bits per heavy atom. The number of hydrogen-bond donors (Lipinski definition) is 0. The van der Waals surface area contributed by atoms with Crippen LogP contribution in [0.15, 0.2) is 24.3 Å². The van der Waals surface area contributed by atoms with E-state index in [0.717, 1.165) is 12.0 Å². The summed E-state index contributed by atoms with van der Waals surface area (Å²) in [4.78, 5) is 11.2. The third-order valence-electron chi connectivity index (χ3n) is 2.60. The second-order valence-electron chi connectivity index (χ2n) is 4.56. The van der Waals surface area contributed by atoms with Crippen LogP contribution in [0.4, 0.5) is 0 Å². The Kier molecular flexibility index (Phi) is 5.18. The predicted molar refractivity (Wildman–Crippen MR) is 68.8 cm³/mol. The Labute approximate surface area is 107 Å². The van der Waals surface area contributed by atoms with E-state index in [4.69, 9.17) is 16.9 Å². The quantitative estimate of drug-likeness (QED) is 0.748. The molecule has 1 rings (SSSR count). The lowest BCUT2D eigenvalue weighted by Crippen LogP contribution is -2.06. The minimum Gasteiger partial charge on any atom is -0.281 e. The summed E-state index contributed by atoms with van der Waals surface area (Å²) in [6.07, 6.45) is 1.14. The maximum absolute atomic E-state index is 11.2. The molecule has 0 spiro atoms. The van der Waals surface area contributed by atoms with Gasteiger partial charge in [0.1, 0.15) is 0 Å². The van der Waals surface area contributed by atoms with Crippen molar-refractivity contribution in [1.29, 1.82) is 5.26 Å². The fourth-order valence-electron chi connectivity index (χ4n) is 1.78. The molecule has 0 radical (unpaired) electrons. The van der Waals surface area contributed by atoms with Crippen LogP contribution < -0.4 is 0 Å². The summed E-state index contributed by atoms with van der Waals surface area (Å²) in [6, 6.07) is 9.77. The van der Waals surface area contributed by atoms with Gasteiger partial charge in [0.2, 0.25) is 5.24 Å². The van der Waals surface area contributed by atoms with Gasteiger partial charge in [-0.05, 0) is 35.1 Å². The third kappa shape index (κ3) is 4.20. The molecule has 0 unspecified atom stereocenters. The summed E-state index contributed by atoms with van der Waals surface area (Å²) in [5, 5.41) is 8.19. The molecule has 0 aliphatic rings. The number of hydrogen-bond acceptors (Lipinski definition) is 2. The second-order valence-corrected chi connectivity index (χ2v) is 4.93. The van der Waals surface area contributed by atoms with Crippen LogP contribution in [-0.4, -0.2) is 5.24 Å². The topological polar surface area (TPSA) is 40.9 Å². The van der Waals surface area contributed by atoms with Gasteiger partial charge in [0.25, 0.3) is 0 Å². The zero-order valence-electron chi connectivity index (χ0n) is 10.1. The Morgan fingerprint density at radius 3 is 2.35 bits per heavy atom. The van der Waals surface area contributed by atoms with Crippen molar-refractivity contribution >= 4 is 16.8 Å². The molecule has 0 aliphatic heterocycles. The normalized spacial score (nSPS) is 12.2. The molecule has 0 N–H and O–H groups in total. The van der Waals surface area contributed by atoms with Crippen LogP contribution in [0.2, 0.25) is 0 Å². The van der Waals surface area contributed by atoms with Crippen LogP contribution in [0.3, 0.4) is 0 Å². The molecular weight excluding hydrogens is 234 g/mol. The average molecular weight is 250 g/mol. The molecule has 1 aromatic carbocycles. The summed E-state index contributed by atoms with van der Waals surface area (Å²) >= 11 is 5.49. The lowest BCUT2D eigenvalue weighted by atomic mass is 9.95. The monoisotopic (exact) mass is 249 g/mol. The first-order valence-corrected chi connectivity index (χ1v) is 6.07. The van der Waals surface area contributed by atoms with Gasteiger partial charge in [-0.1, -0.05) is 38.1 Å². The Balaban J connectivity index is 2.85. The van der Waals surface area contributed by atoms with Gasteiger partial charge in [0, 0.05) is 0 Å². The fourth-order valence-corrected chi connectivity index (χ4v) is 1.98. The Hall–Kier alpha value is -1.33. The van der Waals surface area contributed by atoms with E-state index in [9.17, 15) is 4.79 Å². The van der Waals surface area contributed by atoms with Gasteiger partial charge in [-0.3, -0.25) is 4.79 Å². The zero-order valence-corrected chi connectivity index (χ0v) is 10.9. The van der Waals surface area contributed by atoms with E-state index in [1.807, 2.05) is 30.3 Å². The van der Waals surface area contributed by atoms with Gasteiger partial charge >= 0.3 is 0 Å². The second kappa shape index (κ2) is 6.42. The SMILES string of the molecule is CC(C)Cc1ccc([C@H](CC#N)C(=O)Cl)cc1. The van der Waals surface area contributed by atoms with Gasteiger partial charge < -0.3 is 0 Å². The van der Waals surface area contributed by atoms with Gasteiger partial charge in [-0.2, -0.15) is 5.26 Å². The molecular formula is C14H16ClNO. The van der Waals surface area contributed by atoms with Crippen molar-refractivity contribution < 1.29 is 4.79 Å². The van der Waals surface area contributed by atoms with Crippen LogP contribution in [0.1, 0.15) is 37.3 Å². The highest BCUT2D eigenvalue weighted by Gasteiger charge is 2.18. The van der Waals surface area contributed by atoms with Crippen LogP contribution in [-0.2, 0) is 11.2 Å². The van der Waals surface area contributed by atoms with Gasteiger partial charge in [0.05, 0.1) is 18.4 Å². The molecule has 0 saturated heterocycles.